The van der Waals surface area contributed by atoms with Gasteiger partial charge in [-0.25, -0.2) is 4.79 Å². The van der Waals surface area contributed by atoms with Crippen molar-refractivity contribution in [3.8, 4) is 11.1 Å². The molecule has 0 atom stereocenters. The molecule has 3 rings (SSSR count). The Hall–Kier alpha value is -2.92. The number of aromatic amines is 1. The summed E-state index contributed by atoms with van der Waals surface area (Å²) in [5, 5.41) is 7.69. The first-order valence-electron chi connectivity index (χ1n) is 11.3. The van der Waals surface area contributed by atoms with Crippen LogP contribution in [0.4, 0.5) is 0 Å². The topological polar surface area (TPSA) is 64.2 Å². The summed E-state index contributed by atoms with van der Waals surface area (Å²) in [7, 11) is 1.70. The Kier molecular flexibility index (Phi) is 7.86. The first kappa shape index (κ1) is 23.7. The van der Waals surface area contributed by atoms with E-state index in [9.17, 15) is 4.79 Å². The maximum absolute atomic E-state index is 12.7. The lowest BCUT2D eigenvalue weighted by Crippen LogP contribution is -2.24. The number of ether oxygens (including phenoxy) is 2. The number of methoxy groups -OCH3 is 1. The standard InChI is InChI=1S/C27H34N2O3/c1-6-7-12-24-23(25(18-31-5)29-28-24)17-19-13-15-20(16-14-19)21-10-8-9-11-22(21)26(30)32-27(2,3)4/h8-11,13-16H,6-7,12,17-18H2,1-5H3,(H,28,29). The van der Waals surface area contributed by atoms with Crippen molar-refractivity contribution in [3.05, 3.63) is 76.6 Å². The second-order valence-electron chi connectivity index (χ2n) is 9.09. The van der Waals surface area contributed by atoms with Crippen LogP contribution in [-0.2, 0) is 28.9 Å². The Morgan fingerprint density at radius 2 is 1.78 bits per heavy atom. The van der Waals surface area contributed by atoms with Gasteiger partial charge in [-0.15, -0.1) is 0 Å². The van der Waals surface area contributed by atoms with Gasteiger partial charge in [0.05, 0.1) is 23.6 Å². The number of H-pyrrole nitrogens is 1. The summed E-state index contributed by atoms with van der Waals surface area (Å²) in [6.45, 7) is 8.35. The molecular formula is C27H34N2O3. The number of rotatable bonds is 9. The molecule has 0 radical (unpaired) electrons. The summed E-state index contributed by atoms with van der Waals surface area (Å²) in [4.78, 5) is 12.7. The van der Waals surface area contributed by atoms with E-state index in [4.69, 9.17) is 9.47 Å². The minimum absolute atomic E-state index is 0.305. The predicted octanol–water partition coefficient (Wildman–Crippen LogP) is 6.11. The number of aromatic nitrogens is 2. The van der Waals surface area contributed by atoms with Crippen LogP contribution in [0, 0.1) is 0 Å². The van der Waals surface area contributed by atoms with E-state index in [-0.39, 0.29) is 5.97 Å². The molecular weight excluding hydrogens is 400 g/mol. The van der Waals surface area contributed by atoms with Gasteiger partial charge >= 0.3 is 5.97 Å². The highest BCUT2D eigenvalue weighted by molar-refractivity contribution is 5.97. The fourth-order valence-electron chi connectivity index (χ4n) is 3.72. The van der Waals surface area contributed by atoms with Crippen LogP contribution in [0.2, 0.25) is 0 Å². The van der Waals surface area contributed by atoms with Crippen molar-refractivity contribution in [2.24, 2.45) is 0 Å². The summed E-state index contributed by atoms with van der Waals surface area (Å²) in [5.41, 5.74) is 6.49. The SMILES string of the molecule is CCCCc1n[nH]c(COC)c1Cc1ccc(-c2ccccc2C(=O)OC(C)(C)C)cc1. The van der Waals surface area contributed by atoms with Gasteiger partial charge < -0.3 is 9.47 Å². The maximum Gasteiger partial charge on any atom is 0.339 e. The van der Waals surface area contributed by atoms with Gasteiger partial charge in [-0.3, -0.25) is 5.10 Å². The van der Waals surface area contributed by atoms with E-state index >= 15 is 0 Å². The Bertz CT molecular complexity index is 1030. The van der Waals surface area contributed by atoms with Gasteiger partial charge in [-0.2, -0.15) is 5.10 Å². The number of hydrogen-bond acceptors (Lipinski definition) is 4. The largest absolute Gasteiger partial charge is 0.456 e. The summed E-state index contributed by atoms with van der Waals surface area (Å²) in [6, 6.07) is 16.0. The number of nitrogens with zero attached hydrogens (tertiary/aromatic N) is 1. The van der Waals surface area contributed by atoms with E-state index in [1.54, 1.807) is 7.11 Å². The number of hydrogen-bond donors (Lipinski definition) is 1. The zero-order valence-electron chi connectivity index (χ0n) is 19.8. The van der Waals surface area contributed by atoms with E-state index < -0.39 is 5.60 Å². The third-order valence-electron chi connectivity index (χ3n) is 5.29. The van der Waals surface area contributed by atoms with Gasteiger partial charge in [0.25, 0.3) is 0 Å². The van der Waals surface area contributed by atoms with E-state index in [1.165, 1.54) is 11.1 Å². The molecule has 0 fully saturated rings. The molecule has 0 amide bonds. The molecule has 1 heterocycles. The smallest absolute Gasteiger partial charge is 0.339 e. The lowest BCUT2D eigenvalue weighted by molar-refractivity contribution is 0.00704. The number of carbonyl (C=O) groups is 1. The number of nitrogens with one attached hydrogen (secondary N) is 1. The Labute approximate surface area is 191 Å². The van der Waals surface area contributed by atoms with Gasteiger partial charge in [-0.05, 0) is 56.4 Å². The van der Waals surface area contributed by atoms with Gasteiger partial charge in [0.1, 0.15) is 5.60 Å². The van der Waals surface area contributed by atoms with Gasteiger partial charge in [0.2, 0.25) is 0 Å². The van der Waals surface area contributed by atoms with Crippen molar-refractivity contribution in [2.45, 2.75) is 65.6 Å². The van der Waals surface area contributed by atoms with Crippen LogP contribution < -0.4 is 0 Å². The molecule has 32 heavy (non-hydrogen) atoms. The van der Waals surface area contributed by atoms with Gasteiger partial charge in [-0.1, -0.05) is 55.8 Å². The van der Waals surface area contributed by atoms with E-state index in [0.29, 0.717) is 12.2 Å². The normalized spacial score (nSPS) is 11.5. The number of carbonyl (C=O) groups excluding carboxylic acids is 1. The molecule has 0 saturated heterocycles. The highest BCUT2D eigenvalue weighted by atomic mass is 16.6. The number of benzene rings is 2. The Morgan fingerprint density at radius 3 is 2.44 bits per heavy atom. The van der Waals surface area contributed by atoms with E-state index in [0.717, 1.165) is 48.2 Å². The Morgan fingerprint density at radius 1 is 1.06 bits per heavy atom. The molecule has 0 aliphatic rings. The third-order valence-corrected chi connectivity index (χ3v) is 5.29. The van der Waals surface area contributed by atoms with Crippen molar-refractivity contribution in [1.82, 2.24) is 10.2 Å². The zero-order chi connectivity index (χ0) is 23.1. The van der Waals surface area contributed by atoms with Gasteiger partial charge in [0.15, 0.2) is 0 Å². The number of aryl methyl sites for hydroxylation is 1. The number of unbranched alkanes of at least 4 members (excludes halogenated alkanes) is 1. The quantitative estimate of drug-likeness (QED) is 0.413. The van der Waals surface area contributed by atoms with Crippen molar-refractivity contribution in [1.29, 1.82) is 0 Å². The summed E-state index contributed by atoms with van der Waals surface area (Å²) >= 11 is 0. The molecule has 2 aromatic carbocycles. The van der Waals surface area contributed by atoms with Crippen LogP contribution in [0.5, 0.6) is 0 Å². The lowest BCUT2D eigenvalue weighted by Gasteiger charge is -2.20. The highest BCUT2D eigenvalue weighted by Gasteiger charge is 2.21. The fraction of sp³-hybridized carbons (Fsp3) is 0.407. The van der Waals surface area contributed by atoms with Crippen LogP contribution in [-0.4, -0.2) is 28.9 Å². The first-order valence-corrected chi connectivity index (χ1v) is 11.3. The summed E-state index contributed by atoms with van der Waals surface area (Å²) in [5.74, 6) is -0.305. The second kappa shape index (κ2) is 10.6. The molecule has 0 unspecified atom stereocenters. The van der Waals surface area contributed by atoms with Crippen molar-refractivity contribution in [3.63, 3.8) is 0 Å². The zero-order valence-corrected chi connectivity index (χ0v) is 19.8. The van der Waals surface area contributed by atoms with Crippen LogP contribution in [0.25, 0.3) is 11.1 Å². The molecule has 5 heteroatoms. The fourth-order valence-corrected chi connectivity index (χ4v) is 3.72. The number of esters is 1. The highest BCUT2D eigenvalue weighted by Crippen LogP contribution is 2.27. The molecule has 170 valence electrons. The first-order chi connectivity index (χ1) is 15.3. The molecule has 0 saturated carbocycles. The molecule has 1 N–H and O–H groups in total. The van der Waals surface area contributed by atoms with Crippen LogP contribution in [0.1, 0.15) is 73.4 Å². The van der Waals surface area contributed by atoms with Crippen LogP contribution >= 0.6 is 0 Å². The average molecular weight is 435 g/mol. The molecule has 1 aromatic heterocycles. The maximum atomic E-state index is 12.7. The van der Waals surface area contributed by atoms with Crippen LogP contribution in [0.15, 0.2) is 48.5 Å². The van der Waals surface area contributed by atoms with Crippen molar-refractivity contribution in [2.75, 3.05) is 7.11 Å². The monoisotopic (exact) mass is 434 g/mol. The van der Waals surface area contributed by atoms with E-state index in [1.807, 2.05) is 45.0 Å². The molecule has 0 aliphatic heterocycles. The molecule has 0 aliphatic carbocycles. The average Bonchev–Trinajstić information content (AvgIpc) is 3.13. The Balaban J connectivity index is 1.84. The van der Waals surface area contributed by atoms with Crippen molar-refractivity contribution >= 4 is 5.97 Å². The minimum atomic E-state index is -0.534. The lowest BCUT2D eigenvalue weighted by atomic mass is 9.96. The second-order valence-corrected chi connectivity index (χ2v) is 9.09. The molecule has 0 spiro atoms. The molecule has 0 bridgehead atoms. The van der Waals surface area contributed by atoms with Crippen LogP contribution in [0.3, 0.4) is 0 Å². The predicted molar refractivity (Wildman–Crippen MR) is 128 cm³/mol. The molecule has 5 nitrogen and oxygen atoms in total. The van der Waals surface area contributed by atoms with E-state index in [2.05, 4.69) is 41.4 Å². The summed E-state index contributed by atoms with van der Waals surface area (Å²) in [6.07, 6.45) is 4.01. The third kappa shape index (κ3) is 6.07. The van der Waals surface area contributed by atoms with Crippen molar-refractivity contribution < 1.29 is 14.3 Å². The molecule has 3 aromatic rings. The van der Waals surface area contributed by atoms with Gasteiger partial charge in [0, 0.05) is 19.1 Å². The summed E-state index contributed by atoms with van der Waals surface area (Å²) < 4.78 is 11.0. The minimum Gasteiger partial charge on any atom is -0.456 e.